The van der Waals surface area contributed by atoms with Crippen LogP contribution in [0.3, 0.4) is 0 Å². The smallest absolute Gasteiger partial charge is 0.262 e. The zero-order valence-electron chi connectivity index (χ0n) is 17.7. The number of ether oxygens (including phenoxy) is 2. The minimum absolute atomic E-state index is 0.116. The van der Waals surface area contributed by atoms with Gasteiger partial charge in [-0.25, -0.2) is 0 Å². The Bertz CT molecular complexity index is 869. The molecule has 2 atom stereocenters. The number of anilines is 1. The highest BCUT2D eigenvalue weighted by atomic mass is 16.5. The van der Waals surface area contributed by atoms with Crippen LogP contribution in [0.4, 0.5) is 5.69 Å². The maximum atomic E-state index is 12.9. The van der Waals surface area contributed by atoms with Gasteiger partial charge >= 0.3 is 0 Å². The van der Waals surface area contributed by atoms with Crippen LogP contribution in [0.5, 0.6) is 11.5 Å². The lowest BCUT2D eigenvalue weighted by Crippen LogP contribution is -2.54. The number of carbonyl (C=O) groups is 2. The first-order valence-corrected chi connectivity index (χ1v) is 10.2. The van der Waals surface area contributed by atoms with E-state index in [1.807, 2.05) is 67.3 Å². The summed E-state index contributed by atoms with van der Waals surface area (Å²) in [5, 5.41) is 5.86. The van der Waals surface area contributed by atoms with Gasteiger partial charge < -0.3 is 25.0 Å². The van der Waals surface area contributed by atoms with Crippen LogP contribution in [-0.4, -0.2) is 44.2 Å². The van der Waals surface area contributed by atoms with Crippen LogP contribution in [0, 0.1) is 0 Å². The summed E-state index contributed by atoms with van der Waals surface area (Å²) in [5.74, 6) is 1.10. The van der Waals surface area contributed by atoms with Gasteiger partial charge in [-0.05, 0) is 43.2 Å². The van der Waals surface area contributed by atoms with Gasteiger partial charge in [0, 0.05) is 13.1 Å². The second kappa shape index (κ2) is 10.0. The molecule has 0 fully saturated rings. The zero-order chi connectivity index (χ0) is 21.5. The summed E-state index contributed by atoms with van der Waals surface area (Å²) in [6.07, 6.45) is 0.187. The Labute approximate surface area is 177 Å². The monoisotopic (exact) mass is 411 g/mol. The number of fused-ring (bicyclic) bond motifs is 1. The Morgan fingerprint density at radius 3 is 2.60 bits per heavy atom. The van der Waals surface area contributed by atoms with E-state index in [0.29, 0.717) is 25.4 Å². The van der Waals surface area contributed by atoms with Crippen molar-refractivity contribution in [1.29, 1.82) is 0 Å². The Balaban J connectivity index is 1.69. The average Bonchev–Trinajstić information content (AvgIpc) is 2.80. The number of amides is 2. The minimum atomic E-state index is -0.664. The van der Waals surface area contributed by atoms with Gasteiger partial charge in [0.15, 0.2) is 6.10 Å². The SMILES string of the molecule is CCCNC(=O)[C@@H]1CN([C@@H](C)C(=O)NCc2ccc(OC)cc2)c2ccccc2O1. The first-order valence-electron chi connectivity index (χ1n) is 10.2. The van der Waals surface area contributed by atoms with Crippen molar-refractivity contribution in [2.24, 2.45) is 0 Å². The number of rotatable bonds is 8. The highest BCUT2D eigenvalue weighted by Gasteiger charge is 2.34. The molecule has 1 aliphatic heterocycles. The van der Waals surface area contributed by atoms with Crippen molar-refractivity contribution in [3.63, 3.8) is 0 Å². The van der Waals surface area contributed by atoms with E-state index in [-0.39, 0.29) is 11.8 Å². The summed E-state index contributed by atoms with van der Waals surface area (Å²) in [4.78, 5) is 27.3. The van der Waals surface area contributed by atoms with Crippen LogP contribution in [0.15, 0.2) is 48.5 Å². The molecule has 2 aromatic rings. The van der Waals surface area contributed by atoms with E-state index in [1.54, 1.807) is 7.11 Å². The highest BCUT2D eigenvalue weighted by Crippen LogP contribution is 2.34. The third-order valence-corrected chi connectivity index (χ3v) is 5.12. The Morgan fingerprint density at radius 1 is 1.17 bits per heavy atom. The molecule has 0 saturated carbocycles. The number of benzene rings is 2. The van der Waals surface area contributed by atoms with Gasteiger partial charge in [-0.3, -0.25) is 9.59 Å². The molecule has 0 radical (unpaired) electrons. The quantitative estimate of drug-likeness (QED) is 0.698. The number of para-hydroxylation sites is 2. The normalized spacial score (nSPS) is 16.1. The van der Waals surface area contributed by atoms with Crippen molar-refractivity contribution >= 4 is 17.5 Å². The van der Waals surface area contributed by atoms with Gasteiger partial charge in [-0.1, -0.05) is 31.2 Å². The molecule has 2 N–H and O–H groups in total. The molecule has 0 spiro atoms. The molecule has 0 saturated heterocycles. The van der Waals surface area contributed by atoms with Crippen LogP contribution in [0.25, 0.3) is 0 Å². The molecule has 0 aromatic heterocycles. The first kappa shape index (κ1) is 21.5. The van der Waals surface area contributed by atoms with Gasteiger partial charge in [0.2, 0.25) is 5.91 Å². The van der Waals surface area contributed by atoms with E-state index in [2.05, 4.69) is 10.6 Å². The lowest BCUT2D eigenvalue weighted by molar-refractivity contribution is -0.128. The second-order valence-electron chi connectivity index (χ2n) is 7.26. The maximum Gasteiger partial charge on any atom is 0.262 e. The molecule has 0 unspecified atom stereocenters. The minimum Gasteiger partial charge on any atom is -0.497 e. The molecule has 7 nitrogen and oxygen atoms in total. The Morgan fingerprint density at radius 2 is 1.90 bits per heavy atom. The summed E-state index contributed by atoms with van der Waals surface area (Å²) in [6, 6.07) is 14.6. The van der Waals surface area contributed by atoms with E-state index in [1.165, 1.54) is 0 Å². The van der Waals surface area contributed by atoms with Crippen molar-refractivity contribution in [2.75, 3.05) is 25.1 Å². The molecule has 1 heterocycles. The predicted molar refractivity (Wildman–Crippen MR) is 116 cm³/mol. The van der Waals surface area contributed by atoms with E-state index in [4.69, 9.17) is 9.47 Å². The third-order valence-electron chi connectivity index (χ3n) is 5.12. The fraction of sp³-hybridized carbons (Fsp3) is 0.391. The standard InChI is InChI=1S/C23H29N3O4/c1-4-13-24-23(28)21-15-26(19-7-5-6-8-20(19)30-21)16(2)22(27)25-14-17-9-11-18(29-3)12-10-17/h5-12,16,21H,4,13-15H2,1-3H3,(H,24,28)(H,25,27)/t16-,21-/m0/s1. The lowest BCUT2D eigenvalue weighted by atomic mass is 10.1. The van der Waals surface area contributed by atoms with E-state index >= 15 is 0 Å². The van der Waals surface area contributed by atoms with Crippen molar-refractivity contribution in [1.82, 2.24) is 10.6 Å². The Kier molecular flexibility index (Phi) is 7.17. The van der Waals surface area contributed by atoms with Crippen LogP contribution >= 0.6 is 0 Å². The van der Waals surface area contributed by atoms with Crippen LogP contribution in [-0.2, 0) is 16.1 Å². The molecular formula is C23H29N3O4. The van der Waals surface area contributed by atoms with Crippen molar-refractivity contribution in [3.8, 4) is 11.5 Å². The average molecular weight is 412 g/mol. The molecule has 2 amide bonds. The molecule has 2 aromatic carbocycles. The Hall–Kier alpha value is -3.22. The van der Waals surface area contributed by atoms with Crippen LogP contribution < -0.4 is 25.0 Å². The zero-order valence-corrected chi connectivity index (χ0v) is 17.7. The van der Waals surface area contributed by atoms with Crippen molar-refractivity contribution in [2.45, 2.75) is 39.0 Å². The predicted octanol–water partition coefficient (Wildman–Crippen LogP) is 2.49. The van der Waals surface area contributed by atoms with Gasteiger partial charge in [-0.15, -0.1) is 0 Å². The summed E-state index contributed by atoms with van der Waals surface area (Å²) < 4.78 is 11.1. The fourth-order valence-corrected chi connectivity index (χ4v) is 3.35. The third kappa shape index (κ3) is 5.03. The highest BCUT2D eigenvalue weighted by molar-refractivity contribution is 5.88. The van der Waals surface area contributed by atoms with E-state index < -0.39 is 12.1 Å². The summed E-state index contributed by atoms with van der Waals surface area (Å²) >= 11 is 0. The number of nitrogens with one attached hydrogen (secondary N) is 2. The van der Waals surface area contributed by atoms with E-state index in [9.17, 15) is 9.59 Å². The molecule has 7 heteroatoms. The number of hydrogen-bond donors (Lipinski definition) is 2. The van der Waals surface area contributed by atoms with Gasteiger partial charge in [0.1, 0.15) is 17.5 Å². The number of methoxy groups -OCH3 is 1. The molecule has 3 rings (SSSR count). The molecular weight excluding hydrogens is 382 g/mol. The van der Waals surface area contributed by atoms with Gasteiger partial charge in [-0.2, -0.15) is 0 Å². The lowest BCUT2D eigenvalue weighted by Gasteiger charge is -2.38. The van der Waals surface area contributed by atoms with Gasteiger partial charge in [0.05, 0.1) is 19.3 Å². The molecule has 30 heavy (non-hydrogen) atoms. The fourth-order valence-electron chi connectivity index (χ4n) is 3.35. The number of hydrogen-bond acceptors (Lipinski definition) is 5. The largest absolute Gasteiger partial charge is 0.497 e. The van der Waals surface area contributed by atoms with E-state index in [0.717, 1.165) is 23.4 Å². The summed E-state index contributed by atoms with van der Waals surface area (Å²) in [6.45, 7) is 5.16. The summed E-state index contributed by atoms with van der Waals surface area (Å²) in [7, 11) is 1.62. The van der Waals surface area contributed by atoms with Crippen molar-refractivity contribution < 1.29 is 19.1 Å². The first-order chi connectivity index (χ1) is 14.5. The summed E-state index contributed by atoms with van der Waals surface area (Å²) in [5.41, 5.74) is 1.79. The number of nitrogens with zero attached hydrogens (tertiary/aromatic N) is 1. The molecule has 0 aliphatic carbocycles. The molecule has 1 aliphatic rings. The van der Waals surface area contributed by atoms with Crippen LogP contribution in [0.1, 0.15) is 25.8 Å². The van der Waals surface area contributed by atoms with Crippen LogP contribution in [0.2, 0.25) is 0 Å². The van der Waals surface area contributed by atoms with Crippen molar-refractivity contribution in [3.05, 3.63) is 54.1 Å². The molecule has 160 valence electrons. The maximum absolute atomic E-state index is 12.9. The molecule has 0 bridgehead atoms. The second-order valence-corrected chi connectivity index (χ2v) is 7.26. The number of carbonyl (C=O) groups excluding carboxylic acids is 2. The topological polar surface area (TPSA) is 79.9 Å². The van der Waals surface area contributed by atoms with Gasteiger partial charge in [0.25, 0.3) is 5.91 Å².